The Balaban J connectivity index is 1.32. The predicted molar refractivity (Wildman–Crippen MR) is 144 cm³/mol. The third-order valence-electron chi connectivity index (χ3n) is 7.45. The average molecular weight is 465 g/mol. The molecule has 0 unspecified atom stereocenters. The van der Waals surface area contributed by atoms with Crippen molar-refractivity contribution in [3.63, 3.8) is 0 Å². The summed E-state index contributed by atoms with van der Waals surface area (Å²) in [6.07, 6.45) is 4.94. The number of hydrogen-bond donors (Lipinski definition) is 1. The van der Waals surface area contributed by atoms with Gasteiger partial charge in [0, 0.05) is 17.7 Å². The second-order valence-corrected chi connectivity index (χ2v) is 9.60. The van der Waals surface area contributed by atoms with Gasteiger partial charge < -0.3 is 14.2 Å². The van der Waals surface area contributed by atoms with E-state index in [1.54, 1.807) is 12.1 Å². The second-order valence-electron chi connectivity index (χ2n) is 9.60. The average Bonchev–Trinajstić information content (AvgIpc) is 3.44. The molecule has 178 valence electrons. The summed E-state index contributed by atoms with van der Waals surface area (Å²) in [5, 5.41) is 9.81. The molecule has 0 radical (unpaired) electrons. The van der Waals surface area contributed by atoms with Gasteiger partial charge in [0.25, 0.3) is 0 Å². The molecule has 0 atom stereocenters. The molecule has 0 saturated carbocycles. The van der Waals surface area contributed by atoms with Gasteiger partial charge in [-0.2, -0.15) is 0 Å². The highest BCUT2D eigenvalue weighted by molar-refractivity contribution is 6.00. The van der Waals surface area contributed by atoms with Crippen molar-refractivity contribution in [1.29, 1.82) is 0 Å². The summed E-state index contributed by atoms with van der Waals surface area (Å²) in [5.74, 6) is 1.22. The number of likely N-dealkylation sites (tertiary alicyclic amines) is 1. The summed E-state index contributed by atoms with van der Waals surface area (Å²) in [4.78, 5) is 2.51. The first kappa shape index (κ1) is 22.0. The van der Waals surface area contributed by atoms with E-state index in [4.69, 9.17) is 4.74 Å². The van der Waals surface area contributed by atoms with Gasteiger partial charge in [0.2, 0.25) is 0 Å². The van der Waals surface area contributed by atoms with Gasteiger partial charge in [-0.1, -0.05) is 43.7 Å². The number of pyridine rings is 1. The van der Waals surface area contributed by atoms with Gasteiger partial charge in [-0.25, -0.2) is 0 Å². The number of benzene rings is 2. The minimum atomic E-state index is 0.294. The van der Waals surface area contributed by atoms with E-state index in [-0.39, 0.29) is 0 Å². The molecule has 6 rings (SSSR count). The number of piperidine rings is 1. The van der Waals surface area contributed by atoms with Gasteiger partial charge in [0.05, 0.1) is 16.6 Å². The topological polar surface area (TPSA) is 37.1 Å². The van der Waals surface area contributed by atoms with Gasteiger partial charge in [-0.3, -0.25) is 4.90 Å². The van der Waals surface area contributed by atoms with Gasteiger partial charge >= 0.3 is 0 Å². The van der Waals surface area contributed by atoms with Crippen LogP contribution in [0.5, 0.6) is 11.5 Å². The summed E-state index contributed by atoms with van der Waals surface area (Å²) in [6.45, 7) is 6.36. The molecule has 35 heavy (non-hydrogen) atoms. The third-order valence-corrected chi connectivity index (χ3v) is 7.45. The molecule has 0 bridgehead atoms. The van der Waals surface area contributed by atoms with Gasteiger partial charge in [-0.05, 0) is 91.5 Å². The summed E-state index contributed by atoms with van der Waals surface area (Å²) in [7, 11) is 0. The first-order valence-electron chi connectivity index (χ1n) is 12.9. The summed E-state index contributed by atoms with van der Waals surface area (Å²) in [6, 6.07) is 25.0. The number of aromatic hydroxyl groups is 1. The first-order valence-corrected chi connectivity index (χ1v) is 12.9. The highest BCUT2D eigenvalue weighted by Crippen LogP contribution is 2.41. The smallest absolute Gasteiger partial charge is 0.119 e. The molecule has 2 aromatic carbocycles. The Morgan fingerprint density at radius 2 is 1.51 bits per heavy atom. The Bertz CT molecular complexity index is 1430. The maximum atomic E-state index is 9.81. The van der Waals surface area contributed by atoms with Crippen molar-refractivity contribution in [2.45, 2.75) is 32.6 Å². The van der Waals surface area contributed by atoms with Crippen molar-refractivity contribution >= 4 is 16.6 Å². The SMILES string of the molecule is CCc1c(-c2ccc(O)cc2)c2cc(-c3ccc(OCCN4CCCCC4)cc3)c3cccc1n32. The Labute approximate surface area is 206 Å². The molecule has 5 aromatic rings. The Morgan fingerprint density at radius 3 is 2.26 bits per heavy atom. The van der Waals surface area contributed by atoms with Crippen molar-refractivity contribution in [3.8, 4) is 33.8 Å². The van der Waals surface area contributed by atoms with E-state index in [1.165, 1.54) is 71.2 Å². The van der Waals surface area contributed by atoms with Gasteiger partial charge in [0.15, 0.2) is 0 Å². The maximum Gasteiger partial charge on any atom is 0.119 e. The minimum absolute atomic E-state index is 0.294. The van der Waals surface area contributed by atoms with Crippen LogP contribution in [0.2, 0.25) is 0 Å². The predicted octanol–water partition coefficient (Wildman–Crippen LogP) is 7.00. The number of hydrogen-bond acceptors (Lipinski definition) is 3. The van der Waals surface area contributed by atoms with Gasteiger partial charge in [-0.15, -0.1) is 0 Å². The fraction of sp³-hybridized carbons (Fsp3) is 0.290. The molecule has 4 nitrogen and oxygen atoms in total. The molecule has 1 aliphatic rings. The zero-order valence-electron chi connectivity index (χ0n) is 20.3. The lowest BCUT2D eigenvalue weighted by atomic mass is 9.98. The third kappa shape index (κ3) is 4.02. The van der Waals surface area contributed by atoms with Crippen molar-refractivity contribution in [2.24, 2.45) is 0 Å². The van der Waals surface area contributed by atoms with E-state index < -0.39 is 0 Å². The van der Waals surface area contributed by atoms with Crippen LogP contribution in [-0.2, 0) is 6.42 Å². The standard InChI is InChI=1S/C31H32N2O2/c1-2-26-28-7-6-8-29-27(21-30(33(28)29)31(26)23-9-13-24(34)14-10-23)22-11-15-25(16-12-22)35-20-19-32-17-4-3-5-18-32/h6-16,21,34H,2-5,17-20H2,1H3. The number of nitrogens with zero attached hydrogens (tertiary/aromatic N) is 2. The number of rotatable bonds is 7. The Morgan fingerprint density at radius 1 is 0.800 bits per heavy atom. The molecule has 3 aromatic heterocycles. The van der Waals surface area contributed by atoms with E-state index in [0.29, 0.717) is 5.75 Å². The van der Waals surface area contributed by atoms with E-state index >= 15 is 0 Å². The summed E-state index contributed by atoms with van der Waals surface area (Å²) in [5.41, 5.74) is 9.86. The van der Waals surface area contributed by atoms with Crippen LogP contribution in [0, 0.1) is 0 Å². The monoisotopic (exact) mass is 464 g/mol. The van der Waals surface area contributed by atoms with Crippen molar-refractivity contribution < 1.29 is 9.84 Å². The molecular formula is C31H32N2O2. The van der Waals surface area contributed by atoms with E-state index in [9.17, 15) is 5.11 Å². The Hall–Kier alpha value is -3.50. The first-order chi connectivity index (χ1) is 17.2. The zero-order chi connectivity index (χ0) is 23.8. The van der Waals surface area contributed by atoms with Crippen molar-refractivity contribution in [3.05, 3.63) is 78.4 Å². The summed E-state index contributed by atoms with van der Waals surface area (Å²) < 4.78 is 8.45. The van der Waals surface area contributed by atoms with E-state index in [2.05, 4.69) is 64.8 Å². The second kappa shape index (κ2) is 9.27. The summed E-state index contributed by atoms with van der Waals surface area (Å²) >= 11 is 0. The number of phenols is 1. The molecule has 1 fully saturated rings. The maximum absolute atomic E-state index is 9.81. The molecule has 4 heteroatoms. The van der Waals surface area contributed by atoms with Crippen LogP contribution in [0.4, 0.5) is 0 Å². The molecular weight excluding hydrogens is 432 g/mol. The van der Waals surface area contributed by atoms with Crippen LogP contribution in [0.25, 0.3) is 38.8 Å². The largest absolute Gasteiger partial charge is 0.508 e. The van der Waals surface area contributed by atoms with Crippen LogP contribution in [-0.4, -0.2) is 40.6 Å². The molecule has 1 N–H and O–H groups in total. The van der Waals surface area contributed by atoms with Crippen LogP contribution in [0.3, 0.4) is 0 Å². The molecule has 0 amide bonds. The lowest BCUT2D eigenvalue weighted by molar-refractivity contribution is 0.183. The zero-order valence-corrected chi connectivity index (χ0v) is 20.3. The quantitative estimate of drug-likeness (QED) is 0.282. The molecule has 4 heterocycles. The minimum Gasteiger partial charge on any atom is -0.508 e. The van der Waals surface area contributed by atoms with Crippen molar-refractivity contribution in [2.75, 3.05) is 26.2 Å². The van der Waals surface area contributed by atoms with Gasteiger partial charge in [0.1, 0.15) is 18.1 Å². The number of aromatic nitrogens is 1. The number of ether oxygens (including phenoxy) is 1. The molecule has 0 aliphatic carbocycles. The van der Waals surface area contributed by atoms with Crippen molar-refractivity contribution in [1.82, 2.24) is 9.30 Å². The Kier molecular flexibility index (Phi) is 5.83. The highest BCUT2D eigenvalue weighted by atomic mass is 16.5. The van der Waals surface area contributed by atoms with Crippen LogP contribution >= 0.6 is 0 Å². The lowest BCUT2D eigenvalue weighted by Crippen LogP contribution is -2.33. The highest BCUT2D eigenvalue weighted by Gasteiger charge is 2.21. The fourth-order valence-corrected chi connectivity index (χ4v) is 5.70. The molecule has 1 aliphatic heterocycles. The molecule has 1 saturated heterocycles. The van der Waals surface area contributed by atoms with Crippen LogP contribution in [0.15, 0.2) is 72.8 Å². The fourth-order valence-electron chi connectivity index (χ4n) is 5.70. The molecule has 0 spiro atoms. The lowest BCUT2D eigenvalue weighted by Gasteiger charge is -2.26. The van der Waals surface area contributed by atoms with Crippen LogP contribution in [0.1, 0.15) is 31.7 Å². The number of phenolic OH excluding ortho intramolecular Hbond substituents is 1. The van der Waals surface area contributed by atoms with E-state index in [1.807, 2.05) is 12.1 Å². The normalized spacial score (nSPS) is 14.8. The number of aryl methyl sites for hydroxylation is 1. The van der Waals surface area contributed by atoms with E-state index in [0.717, 1.165) is 30.9 Å². The van der Waals surface area contributed by atoms with Crippen LogP contribution < -0.4 is 4.74 Å².